The summed E-state index contributed by atoms with van der Waals surface area (Å²) in [7, 11) is 1.36. The van der Waals surface area contributed by atoms with Crippen LogP contribution in [-0.2, 0) is 4.74 Å². The highest BCUT2D eigenvalue weighted by Gasteiger charge is 2.10. The van der Waals surface area contributed by atoms with Crippen LogP contribution < -0.4 is 0 Å². The minimum Gasteiger partial charge on any atom is -0.464 e. The number of methoxy groups -OCH3 is 1. The number of hydrogen-bond donors (Lipinski definition) is 0. The van der Waals surface area contributed by atoms with Crippen LogP contribution in [0.15, 0.2) is 36.5 Å². The highest BCUT2D eigenvalue weighted by Crippen LogP contribution is 2.33. The first-order chi connectivity index (χ1) is 8.29. The lowest BCUT2D eigenvalue weighted by Crippen LogP contribution is -2.02. The van der Waals surface area contributed by atoms with E-state index in [2.05, 4.69) is 21.9 Å². The number of fused-ring (bicyclic) bond motifs is 3. The number of esters is 1. The second kappa shape index (κ2) is 3.82. The Morgan fingerprint density at radius 3 is 2.88 bits per heavy atom. The van der Waals surface area contributed by atoms with Gasteiger partial charge in [-0.1, -0.05) is 18.2 Å². The fourth-order valence-electron chi connectivity index (χ4n) is 1.84. The molecule has 0 saturated carbocycles. The van der Waals surface area contributed by atoms with Crippen molar-refractivity contribution in [3.8, 4) is 0 Å². The Morgan fingerprint density at radius 1 is 1.24 bits per heavy atom. The van der Waals surface area contributed by atoms with Gasteiger partial charge >= 0.3 is 5.97 Å². The normalized spacial score (nSPS) is 10.9. The van der Waals surface area contributed by atoms with Gasteiger partial charge in [0, 0.05) is 26.4 Å². The molecule has 17 heavy (non-hydrogen) atoms. The minimum atomic E-state index is -0.399. The van der Waals surface area contributed by atoms with E-state index in [1.54, 1.807) is 23.6 Å². The Morgan fingerprint density at radius 2 is 2.06 bits per heavy atom. The van der Waals surface area contributed by atoms with Gasteiger partial charge in [-0.15, -0.1) is 11.3 Å². The number of aromatic nitrogens is 1. The summed E-state index contributed by atoms with van der Waals surface area (Å²) in [6, 6.07) is 9.92. The van der Waals surface area contributed by atoms with Crippen molar-refractivity contribution < 1.29 is 9.53 Å². The van der Waals surface area contributed by atoms with Crippen molar-refractivity contribution in [1.82, 2.24) is 4.98 Å². The van der Waals surface area contributed by atoms with Crippen LogP contribution in [0.1, 0.15) is 10.5 Å². The lowest BCUT2D eigenvalue weighted by Gasteiger charge is -1.97. The molecule has 0 N–H and O–H groups in total. The van der Waals surface area contributed by atoms with Crippen LogP contribution in [0.25, 0.3) is 20.2 Å². The summed E-state index contributed by atoms with van der Waals surface area (Å²) in [6.45, 7) is 0. The summed E-state index contributed by atoms with van der Waals surface area (Å²) in [5.41, 5.74) is 0.353. The molecule has 3 nitrogen and oxygen atoms in total. The molecule has 2 aromatic heterocycles. The first-order valence-electron chi connectivity index (χ1n) is 5.15. The maximum atomic E-state index is 11.4. The highest BCUT2D eigenvalue weighted by molar-refractivity contribution is 7.25. The van der Waals surface area contributed by atoms with E-state index >= 15 is 0 Å². The topological polar surface area (TPSA) is 39.2 Å². The SMILES string of the molecule is COC(=O)c1cc2sc3ccccc3c2cn1. The highest BCUT2D eigenvalue weighted by atomic mass is 32.1. The predicted octanol–water partition coefficient (Wildman–Crippen LogP) is 3.24. The van der Waals surface area contributed by atoms with Crippen molar-refractivity contribution >= 4 is 37.5 Å². The molecule has 0 unspecified atom stereocenters. The van der Waals surface area contributed by atoms with E-state index < -0.39 is 5.97 Å². The van der Waals surface area contributed by atoms with Crippen molar-refractivity contribution in [1.29, 1.82) is 0 Å². The molecule has 0 bridgehead atoms. The predicted molar refractivity (Wildman–Crippen MR) is 68.5 cm³/mol. The van der Waals surface area contributed by atoms with E-state index in [-0.39, 0.29) is 0 Å². The monoisotopic (exact) mass is 243 g/mol. The summed E-state index contributed by atoms with van der Waals surface area (Å²) >= 11 is 1.66. The van der Waals surface area contributed by atoms with E-state index in [0.717, 1.165) is 10.1 Å². The van der Waals surface area contributed by atoms with E-state index in [9.17, 15) is 4.79 Å². The second-order valence-electron chi connectivity index (χ2n) is 3.66. The molecule has 0 amide bonds. The van der Waals surface area contributed by atoms with Gasteiger partial charge in [-0.25, -0.2) is 9.78 Å². The van der Waals surface area contributed by atoms with Crippen molar-refractivity contribution in [2.75, 3.05) is 7.11 Å². The van der Waals surface area contributed by atoms with Gasteiger partial charge in [0.2, 0.25) is 0 Å². The molecule has 0 aliphatic heterocycles. The molecule has 84 valence electrons. The van der Waals surface area contributed by atoms with Gasteiger partial charge in [0.25, 0.3) is 0 Å². The average molecular weight is 243 g/mol. The fourth-order valence-corrected chi connectivity index (χ4v) is 2.95. The first-order valence-corrected chi connectivity index (χ1v) is 5.97. The van der Waals surface area contributed by atoms with Gasteiger partial charge in [0.15, 0.2) is 0 Å². The maximum absolute atomic E-state index is 11.4. The van der Waals surface area contributed by atoms with Crippen molar-refractivity contribution in [2.24, 2.45) is 0 Å². The van der Waals surface area contributed by atoms with Crippen LogP contribution >= 0.6 is 11.3 Å². The molecule has 1 aromatic carbocycles. The summed E-state index contributed by atoms with van der Waals surface area (Å²) in [5.74, 6) is -0.399. The maximum Gasteiger partial charge on any atom is 0.356 e. The third-order valence-corrected chi connectivity index (χ3v) is 3.79. The number of ether oxygens (including phenoxy) is 1. The first kappa shape index (κ1) is 10.2. The number of thiophene rings is 1. The van der Waals surface area contributed by atoms with E-state index in [1.165, 1.54) is 17.2 Å². The summed E-state index contributed by atoms with van der Waals surface area (Å²) < 4.78 is 6.92. The molecule has 0 saturated heterocycles. The van der Waals surface area contributed by atoms with Crippen molar-refractivity contribution in [2.45, 2.75) is 0 Å². The minimum absolute atomic E-state index is 0.353. The molecule has 3 aromatic rings. The lowest BCUT2D eigenvalue weighted by molar-refractivity contribution is 0.0594. The standard InChI is InChI=1S/C13H9NO2S/c1-16-13(15)10-6-12-9(7-14-10)8-4-2-3-5-11(8)17-12/h2-7H,1H3. The zero-order valence-corrected chi connectivity index (χ0v) is 9.95. The quantitative estimate of drug-likeness (QED) is 0.616. The van der Waals surface area contributed by atoms with Gasteiger partial charge < -0.3 is 4.74 Å². The number of benzene rings is 1. The Bertz CT molecular complexity index is 718. The Balaban J connectivity index is 2.30. The number of hydrogen-bond acceptors (Lipinski definition) is 4. The number of rotatable bonds is 1. The molecule has 0 radical (unpaired) electrons. The molecule has 0 aliphatic rings. The molecular weight excluding hydrogens is 234 g/mol. The lowest BCUT2D eigenvalue weighted by atomic mass is 10.2. The van der Waals surface area contributed by atoms with E-state index in [1.807, 2.05) is 12.1 Å². The summed E-state index contributed by atoms with van der Waals surface area (Å²) in [5, 5.41) is 2.26. The van der Waals surface area contributed by atoms with Crippen LogP contribution in [-0.4, -0.2) is 18.1 Å². The van der Waals surface area contributed by atoms with Gasteiger partial charge in [-0.2, -0.15) is 0 Å². The molecular formula is C13H9NO2S. The fraction of sp³-hybridized carbons (Fsp3) is 0.0769. The smallest absolute Gasteiger partial charge is 0.356 e. The van der Waals surface area contributed by atoms with E-state index in [4.69, 9.17) is 0 Å². The Kier molecular flexibility index (Phi) is 2.30. The Hall–Kier alpha value is -1.94. The zero-order valence-electron chi connectivity index (χ0n) is 9.14. The van der Waals surface area contributed by atoms with Crippen LogP contribution in [0.5, 0.6) is 0 Å². The molecule has 3 rings (SSSR count). The number of pyridine rings is 1. The third-order valence-electron chi connectivity index (χ3n) is 2.66. The van der Waals surface area contributed by atoms with Crippen molar-refractivity contribution in [3.63, 3.8) is 0 Å². The molecule has 0 fully saturated rings. The summed E-state index contributed by atoms with van der Waals surface area (Å²) in [4.78, 5) is 15.5. The summed E-state index contributed by atoms with van der Waals surface area (Å²) in [6.07, 6.45) is 1.74. The number of carbonyl (C=O) groups is 1. The van der Waals surface area contributed by atoms with Crippen molar-refractivity contribution in [3.05, 3.63) is 42.2 Å². The van der Waals surface area contributed by atoms with Gasteiger partial charge in [0.1, 0.15) is 5.69 Å². The third kappa shape index (κ3) is 1.57. The van der Waals surface area contributed by atoms with Gasteiger partial charge in [-0.3, -0.25) is 0 Å². The molecule has 0 aliphatic carbocycles. The second-order valence-corrected chi connectivity index (χ2v) is 4.74. The molecule has 2 heterocycles. The largest absolute Gasteiger partial charge is 0.464 e. The van der Waals surface area contributed by atoms with Gasteiger partial charge in [0.05, 0.1) is 7.11 Å². The van der Waals surface area contributed by atoms with Crippen LogP contribution in [0, 0.1) is 0 Å². The number of nitrogens with zero attached hydrogens (tertiary/aromatic N) is 1. The Labute approximate surface area is 102 Å². The average Bonchev–Trinajstić information content (AvgIpc) is 2.75. The molecule has 4 heteroatoms. The molecule has 0 atom stereocenters. The van der Waals surface area contributed by atoms with Crippen LogP contribution in [0.3, 0.4) is 0 Å². The van der Waals surface area contributed by atoms with E-state index in [0.29, 0.717) is 5.69 Å². The van der Waals surface area contributed by atoms with Gasteiger partial charge in [-0.05, 0) is 12.1 Å². The number of carbonyl (C=O) groups excluding carboxylic acids is 1. The molecule has 0 spiro atoms. The zero-order chi connectivity index (χ0) is 11.8. The van der Waals surface area contributed by atoms with Crippen LogP contribution in [0.4, 0.5) is 0 Å². The van der Waals surface area contributed by atoms with Crippen LogP contribution in [0.2, 0.25) is 0 Å².